The number of anilines is 1. The molecular formula is C9H10N6O2S. The first-order valence-electron chi connectivity index (χ1n) is 4.83. The monoisotopic (exact) mass is 266 g/mol. The van der Waals surface area contributed by atoms with Crippen molar-refractivity contribution in [3.05, 3.63) is 28.3 Å². The van der Waals surface area contributed by atoms with Gasteiger partial charge in [0.25, 0.3) is 5.91 Å². The lowest BCUT2D eigenvalue weighted by molar-refractivity contribution is 0.102. The van der Waals surface area contributed by atoms with Crippen molar-refractivity contribution >= 4 is 28.9 Å². The number of amides is 1. The minimum atomic E-state index is -0.383. The summed E-state index contributed by atoms with van der Waals surface area (Å²) in [7, 11) is 1.63. The number of amidine groups is 1. The van der Waals surface area contributed by atoms with E-state index in [0.29, 0.717) is 17.1 Å². The molecule has 0 aliphatic rings. The molecule has 0 atom stereocenters. The molecule has 2 aromatic heterocycles. The predicted molar refractivity (Wildman–Crippen MR) is 65.8 cm³/mol. The summed E-state index contributed by atoms with van der Waals surface area (Å²) in [5.41, 5.74) is 7.68. The number of rotatable bonds is 3. The van der Waals surface area contributed by atoms with Crippen LogP contribution in [0.4, 0.5) is 5.82 Å². The van der Waals surface area contributed by atoms with E-state index in [-0.39, 0.29) is 11.7 Å². The fourth-order valence-electron chi connectivity index (χ4n) is 1.32. The highest BCUT2D eigenvalue weighted by Gasteiger charge is 2.16. The third kappa shape index (κ3) is 2.15. The summed E-state index contributed by atoms with van der Waals surface area (Å²) in [5, 5.41) is 19.7. The van der Waals surface area contributed by atoms with Crippen LogP contribution < -0.4 is 11.1 Å². The minimum Gasteiger partial charge on any atom is -0.409 e. The Morgan fingerprint density at radius 1 is 1.67 bits per heavy atom. The standard InChI is InChI=1S/C9H10N6O2S/c1-15-8(5(2-12-15)7(10)14-17)13-9(16)6-3-18-4-11-6/h2-4,17H,1H3,(H2,10,14)(H,13,16). The lowest BCUT2D eigenvalue weighted by Crippen LogP contribution is -2.20. The number of oxime groups is 1. The lowest BCUT2D eigenvalue weighted by atomic mass is 10.3. The highest BCUT2D eigenvalue weighted by molar-refractivity contribution is 7.07. The minimum absolute atomic E-state index is 0.128. The van der Waals surface area contributed by atoms with Crippen LogP contribution in [-0.2, 0) is 7.05 Å². The van der Waals surface area contributed by atoms with Gasteiger partial charge in [-0.15, -0.1) is 11.3 Å². The zero-order valence-corrected chi connectivity index (χ0v) is 10.2. The summed E-state index contributed by atoms with van der Waals surface area (Å²) < 4.78 is 1.41. The summed E-state index contributed by atoms with van der Waals surface area (Å²) in [4.78, 5) is 15.7. The number of nitrogens with zero attached hydrogens (tertiary/aromatic N) is 4. The van der Waals surface area contributed by atoms with Gasteiger partial charge in [0.1, 0.15) is 11.5 Å². The first kappa shape index (κ1) is 12.0. The van der Waals surface area contributed by atoms with Gasteiger partial charge in [-0.2, -0.15) is 5.10 Å². The molecule has 0 saturated heterocycles. The SMILES string of the molecule is Cn1ncc(/C(N)=N\O)c1NC(=O)c1cscn1. The van der Waals surface area contributed by atoms with Crippen molar-refractivity contribution in [2.45, 2.75) is 0 Å². The molecule has 94 valence electrons. The van der Waals surface area contributed by atoms with Crippen LogP contribution in [0.1, 0.15) is 16.1 Å². The molecule has 2 aromatic rings. The van der Waals surface area contributed by atoms with Crippen molar-refractivity contribution in [1.82, 2.24) is 14.8 Å². The number of nitrogens with two attached hydrogens (primary N) is 1. The first-order chi connectivity index (χ1) is 8.63. The molecule has 18 heavy (non-hydrogen) atoms. The molecule has 9 heteroatoms. The summed E-state index contributed by atoms with van der Waals surface area (Å²) >= 11 is 1.32. The molecule has 4 N–H and O–H groups in total. The summed E-state index contributed by atoms with van der Waals surface area (Å²) in [6.07, 6.45) is 1.39. The Kier molecular flexibility index (Phi) is 3.24. The maximum Gasteiger partial charge on any atom is 0.276 e. The zero-order chi connectivity index (χ0) is 13.1. The van der Waals surface area contributed by atoms with Crippen molar-refractivity contribution < 1.29 is 10.0 Å². The third-order valence-electron chi connectivity index (χ3n) is 2.22. The van der Waals surface area contributed by atoms with Gasteiger partial charge in [-0.05, 0) is 0 Å². The van der Waals surface area contributed by atoms with E-state index >= 15 is 0 Å². The quantitative estimate of drug-likeness (QED) is 0.318. The summed E-state index contributed by atoms with van der Waals surface area (Å²) in [6, 6.07) is 0. The average Bonchev–Trinajstić information content (AvgIpc) is 2.99. The molecule has 0 saturated carbocycles. The van der Waals surface area contributed by atoms with Crippen LogP contribution in [0.15, 0.2) is 22.2 Å². The Morgan fingerprint density at radius 2 is 2.44 bits per heavy atom. The van der Waals surface area contributed by atoms with Gasteiger partial charge in [-0.1, -0.05) is 5.16 Å². The lowest BCUT2D eigenvalue weighted by Gasteiger charge is -2.06. The number of hydrogen-bond acceptors (Lipinski definition) is 6. The molecule has 0 aliphatic heterocycles. The maximum absolute atomic E-state index is 11.8. The number of carbonyl (C=O) groups is 1. The van der Waals surface area contributed by atoms with Crippen molar-refractivity contribution in [3.63, 3.8) is 0 Å². The van der Waals surface area contributed by atoms with Gasteiger partial charge in [-0.25, -0.2) is 4.98 Å². The molecule has 0 aromatic carbocycles. The molecule has 0 spiro atoms. The Labute approximate surface area is 106 Å². The Balaban J connectivity index is 2.29. The molecule has 0 fully saturated rings. The van der Waals surface area contributed by atoms with E-state index in [0.717, 1.165) is 0 Å². The van der Waals surface area contributed by atoms with E-state index in [2.05, 4.69) is 20.6 Å². The fraction of sp³-hybridized carbons (Fsp3) is 0.111. The van der Waals surface area contributed by atoms with Gasteiger partial charge < -0.3 is 16.3 Å². The highest BCUT2D eigenvalue weighted by Crippen LogP contribution is 2.15. The van der Waals surface area contributed by atoms with Crippen LogP contribution in [0.3, 0.4) is 0 Å². The van der Waals surface area contributed by atoms with Gasteiger partial charge in [0, 0.05) is 12.4 Å². The van der Waals surface area contributed by atoms with E-state index in [1.807, 2.05) is 0 Å². The largest absolute Gasteiger partial charge is 0.409 e. The maximum atomic E-state index is 11.8. The molecule has 0 bridgehead atoms. The van der Waals surface area contributed by atoms with Crippen LogP contribution in [0.5, 0.6) is 0 Å². The number of carbonyl (C=O) groups excluding carboxylic acids is 1. The number of aromatic nitrogens is 3. The van der Waals surface area contributed by atoms with E-state index in [1.165, 1.54) is 22.2 Å². The Hall–Kier alpha value is -2.42. The van der Waals surface area contributed by atoms with Gasteiger partial charge in [0.05, 0.1) is 17.3 Å². The second-order valence-electron chi connectivity index (χ2n) is 3.34. The van der Waals surface area contributed by atoms with Crippen molar-refractivity contribution in [2.75, 3.05) is 5.32 Å². The molecule has 0 aliphatic carbocycles. The third-order valence-corrected chi connectivity index (χ3v) is 2.81. The van der Waals surface area contributed by atoms with Crippen LogP contribution in [0.25, 0.3) is 0 Å². The van der Waals surface area contributed by atoms with E-state index < -0.39 is 0 Å². The van der Waals surface area contributed by atoms with Crippen LogP contribution in [-0.4, -0.2) is 31.7 Å². The second kappa shape index (κ2) is 4.84. The summed E-state index contributed by atoms with van der Waals surface area (Å²) in [6.45, 7) is 0. The first-order valence-corrected chi connectivity index (χ1v) is 5.77. The number of hydrogen-bond donors (Lipinski definition) is 3. The van der Waals surface area contributed by atoms with Gasteiger partial charge in [0.2, 0.25) is 0 Å². The number of aryl methyl sites for hydroxylation is 1. The van der Waals surface area contributed by atoms with Crippen molar-refractivity contribution in [2.24, 2.45) is 17.9 Å². The molecule has 2 heterocycles. The molecule has 0 radical (unpaired) electrons. The molecular weight excluding hydrogens is 256 g/mol. The van der Waals surface area contributed by atoms with E-state index in [9.17, 15) is 4.79 Å². The van der Waals surface area contributed by atoms with Gasteiger partial charge in [0.15, 0.2) is 5.84 Å². The highest BCUT2D eigenvalue weighted by atomic mass is 32.1. The topological polar surface area (TPSA) is 118 Å². The van der Waals surface area contributed by atoms with Crippen LogP contribution >= 0.6 is 11.3 Å². The summed E-state index contributed by atoms with van der Waals surface area (Å²) in [5.74, 6) is -0.174. The Bertz CT molecular complexity index is 588. The number of thiazole rings is 1. The molecule has 1 amide bonds. The zero-order valence-electron chi connectivity index (χ0n) is 9.36. The van der Waals surface area contributed by atoms with E-state index in [1.54, 1.807) is 17.9 Å². The van der Waals surface area contributed by atoms with Crippen LogP contribution in [0, 0.1) is 0 Å². The van der Waals surface area contributed by atoms with Gasteiger partial charge >= 0.3 is 0 Å². The second-order valence-corrected chi connectivity index (χ2v) is 4.06. The predicted octanol–water partition coefficient (Wildman–Crippen LogP) is 0.223. The van der Waals surface area contributed by atoms with Crippen molar-refractivity contribution in [1.29, 1.82) is 0 Å². The Morgan fingerprint density at radius 3 is 3.06 bits per heavy atom. The van der Waals surface area contributed by atoms with Gasteiger partial charge in [-0.3, -0.25) is 9.48 Å². The molecule has 0 unspecified atom stereocenters. The molecule has 8 nitrogen and oxygen atoms in total. The molecule has 2 rings (SSSR count). The normalized spacial score (nSPS) is 11.5. The van der Waals surface area contributed by atoms with Crippen molar-refractivity contribution in [3.8, 4) is 0 Å². The average molecular weight is 266 g/mol. The van der Waals surface area contributed by atoms with Crippen LogP contribution in [0.2, 0.25) is 0 Å². The smallest absolute Gasteiger partial charge is 0.276 e. The van der Waals surface area contributed by atoms with E-state index in [4.69, 9.17) is 10.9 Å². The fourth-order valence-corrected chi connectivity index (χ4v) is 1.86. The number of nitrogens with one attached hydrogen (secondary N) is 1.